The number of ether oxygens (including phenoxy) is 1. The molecular formula is C22H25FN4O4S2. The van der Waals surface area contributed by atoms with Gasteiger partial charge in [0.25, 0.3) is 10.0 Å². The van der Waals surface area contributed by atoms with E-state index >= 15 is 0 Å². The standard InChI is InChI=1S/C22H25FN4O4S2/c1-15-14-32-22(24-15)19-11-17(12-27(19)13-21(28)26-8-4-3-5-9-26)33(29,30)25-16-6-7-20(31-2)18(23)10-16/h6-7,10-12,14,25H,3-5,8-9,13H2,1-2H3. The molecule has 176 valence electrons. The number of hydrogen-bond donors (Lipinski definition) is 1. The van der Waals surface area contributed by atoms with Crippen molar-refractivity contribution in [1.29, 1.82) is 0 Å². The summed E-state index contributed by atoms with van der Waals surface area (Å²) in [6, 6.07) is 5.31. The van der Waals surface area contributed by atoms with Gasteiger partial charge in [-0.25, -0.2) is 17.8 Å². The first-order chi connectivity index (χ1) is 15.8. The fourth-order valence-electron chi connectivity index (χ4n) is 3.75. The molecule has 1 aliphatic rings. The molecule has 2 aromatic heterocycles. The molecule has 1 aliphatic heterocycles. The molecule has 1 amide bonds. The van der Waals surface area contributed by atoms with Gasteiger partial charge in [-0.15, -0.1) is 11.3 Å². The Hall–Kier alpha value is -2.92. The number of sulfonamides is 1. The number of carbonyl (C=O) groups is 1. The molecule has 0 bridgehead atoms. The largest absolute Gasteiger partial charge is 0.494 e. The van der Waals surface area contributed by atoms with Crippen molar-refractivity contribution in [2.24, 2.45) is 0 Å². The van der Waals surface area contributed by atoms with Gasteiger partial charge in [0.05, 0.1) is 18.5 Å². The number of anilines is 1. The highest BCUT2D eigenvalue weighted by Gasteiger charge is 2.24. The van der Waals surface area contributed by atoms with E-state index in [1.54, 1.807) is 4.57 Å². The Labute approximate surface area is 196 Å². The van der Waals surface area contributed by atoms with Crippen molar-refractivity contribution in [2.75, 3.05) is 24.9 Å². The third kappa shape index (κ3) is 5.19. The molecule has 1 saturated heterocycles. The molecule has 0 spiro atoms. The lowest BCUT2D eigenvalue weighted by Gasteiger charge is -2.27. The molecular weight excluding hydrogens is 467 g/mol. The van der Waals surface area contributed by atoms with Gasteiger partial charge in [-0.2, -0.15) is 0 Å². The lowest BCUT2D eigenvalue weighted by atomic mass is 10.1. The number of rotatable bonds is 7. The highest BCUT2D eigenvalue weighted by atomic mass is 32.2. The number of amides is 1. The predicted octanol–water partition coefficient (Wildman–Crippen LogP) is 3.88. The first-order valence-corrected chi connectivity index (χ1v) is 12.9. The number of benzene rings is 1. The van der Waals surface area contributed by atoms with Crippen LogP contribution in [-0.2, 0) is 21.4 Å². The maximum absolute atomic E-state index is 14.0. The van der Waals surface area contributed by atoms with Gasteiger partial charge in [-0.05, 0) is 44.4 Å². The molecule has 33 heavy (non-hydrogen) atoms. The van der Waals surface area contributed by atoms with Crippen molar-refractivity contribution < 1.29 is 22.3 Å². The van der Waals surface area contributed by atoms with Crippen molar-refractivity contribution in [3.05, 3.63) is 47.4 Å². The Morgan fingerprint density at radius 3 is 2.64 bits per heavy atom. The van der Waals surface area contributed by atoms with Gasteiger partial charge in [0.15, 0.2) is 11.6 Å². The summed E-state index contributed by atoms with van der Waals surface area (Å²) in [6.07, 6.45) is 4.48. The lowest BCUT2D eigenvalue weighted by molar-refractivity contribution is -0.132. The van der Waals surface area contributed by atoms with Crippen LogP contribution in [0.2, 0.25) is 0 Å². The van der Waals surface area contributed by atoms with Crippen LogP contribution < -0.4 is 9.46 Å². The summed E-state index contributed by atoms with van der Waals surface area (Å²) in [5.41, 5.74) is 1.41. The zero-order valence-corrected chi connectivity index (χ0v) is 20.0. The van der Waals surface area contributed by atoms with E-state index in [1.165, 1.54) is 42.8 Å². The minimum absolute atomic E-state index is 0.0145. The van der Waals surface area contributed by atoms with Crippen LogP contribution in [0.3, 0.4) is 0 Å². The number of thiazole rings is 1. The molecule has 1 aromatic carbocycles. The van der Waals surface area contributed by atoms with Crippen LogP contribution in [0.4, 0.5) is 10.1 Å². The number of aryl methyl sites for hydroxylation is 1. The summed E-state index contributed by atoms with van der Waals surface area (Å²) in [4.78, 5) is 19.1. The van der Waals surface area contributed by atoms with Gasteiger partial charge in [0.2, 0.25) is 5.91 Å². The summed E-state index contributed by atoms with van der Waals surface area (Å²) in [5.74, 6) is -0.725. The van der Waals surface area contributed by atoms with E-state index in [9.17, 15) is 17.6 Å². The van der Waals surface area contributed by atoms with Crippen LogP contribution in [-0.4, -0.2) is 49.0 Å². The molecule has 8 nitrogen and oxygen atoms in total. The van der Waals surface area contributed by atoms with Crippen LogP contribution >= 0.6 is 11.3 Å². The molecule has 0 saturated carbocycles. The van der Waals surface area contributed by atoms with Gasteiger partial charge in [-0.3, -0.25) is 9.52 Å². The molecule has 3 aromatic rings. The summed E-state index contributed by atoms with van der Waals surface area (Å²) < 4.78 is 49.0. The number of nitrogens with one attached hydrogen (secondary N) is 1. The number of hydrogen-bond acceptors (Lipinski definition) is 6. The quantitative estimate of drug-likeness (QED) is 0.540. The highest BCUT2D eigenvalue weighted by Crippen LogP contribution is 2.30. The molecule has 0 aliphatic carbocycles. The summed E-state index contributed by atoms with van der Waals surface area (Å²) in [5, 5.41) is 2.49. The minimum Gasteiger partial charge on any atom is -0.494 e. The fraction of sp³-hybridized carbons (Fsp3) is 0.364. The third-order valence-corrected chi connectivity index (χ3v) is 7.77. The van der Waals surface area contributed by atoms with Crippen LogP contribution in [0.15, 0.2) is 40.7 Å². The van der Waals surface area contributed by atoms with E-state index in [0.717, 1.165) is 31.0 Å². The molecule has 4 rings (SSSR count). The molecule has 3 heterocycles. The van der Waals surface area contributed by atoms with Gasteiger partial charge < -0.3 is 14.2 Å². The summed E-state index contributed by atoms with van der Waals surface area (Å²) in [6.45, 7) is 3.29. The topological polar surface area (TPSA) is 93.5 Å². The average Bonchev–Trinajstić information content (AvgIpc) is 3.41. The number of aromatic nitrogens is 2. The molecule has 0 atom stereocenters. The van der Waals surface area contributed by atoms with Crippen LogP contribution in [0.5, 0.6) is 5.75 Å². The monoisotopic (exact) mass is 492 g/mol. The zero-order chi connectivity index (χ0) is 23.6. The van der Waals surface area contributed by atoms with Gasteiger partial charge in [0.1, 0.15) is 16.4 Å². The van der Waals surface area contributed by atoms with Crippen LogP contribution in [0.1, 0.15) is 25.0 Å². The fourth-order valence-corrected chi connectivity index (χ4v) is 5.66. The summed E-state index contributed by atoms with van der Waals surface area (Å²) in [7, 11) is -2.71. The second kappa shape index (κ2) is 9.52. The Balaban J connectivity index is 1.65. The average molecular weight is 493 g/mol. The number of piperidine rings is 1. The molecule has 11 heteroatoms. The first-order valence-electron chi connectivity index (χ1n) is 10.5. The predicted molar refractivity (Wildman–Crippen MR) is 124 cm³/mol. The zero-order valence-electron chi connectivity index (χ0n) is 18.4. The number of nitrogens with zero attached hydrogens (tertiary/aromatic N) is 3. The third-order valence-electron chi connectivity index (χ3n) is 5.44. The number of halogens is 1. The Bertz CT molecular complexity index is 1260. The smallest absolute Gasteiger partial charge is 0.263 e. The maximum Gasteiger partial charge on any atom is 0.263 e. The van der Waals surface area contributed by atoms with Crippen LogP contribution in [0, 0.1) is 12.7 Å². The Kier molecular flexibility index (Phi) is 6.71. The van der Waals surface area contributed by atoms with Gasteiger partial charge in [0, 0.05) is 36.4 Å². The van der Waals surface area contributed by atoms with Gasteiger partial charge >= 0.3 is 0 Å². The minimum atomic E-state index is -4.04. The SMILES string of the molecule is COc1ccc(NS(=O)(=O)c2cc(-c3nc(C)cs3)n(CC(=O)N3CCCCC3)c2)cc1F. The van der Waals surface area contributed by atoms with E-state index in [-0.39, 0.29) is 28.8 Å². The normalized spacial score (nSPS) is 14.3. The number of carbonyl (C=O) groups excluding carboxylic acids is 1. The van der Waals surface area contributed by atoms with E-state index in [1.807, 2.05) is 17.2 Å². The number of likely N-dealkylation sites (tertiary alicyclic amines) is 1. The second-order valence-electron chi connectivity index (χ2n) is 7.88. The van der Waals surface area contributed by atoms with Crippen LogP contribution in [0.25, 0.3) is 10.7 Å². The Morgan fingerprint density at radius 2 is 2.00 bits per heavy atom. The lowest BCUT2D eigenvalue weighted by Crippen LogP contribution is -2.37. The van der Waals surface area contributed by atoms with Crippen molar-refractivity contribution in [3.8, 4) is 16.5 Å². The highest BCUT2D eigenvalue weighted by molar-refractivity contribution is 7.92. The molecule has 1 fully saturated rings. The Morgan fingerprint density at radius 1 is 1.24 bits per heavy atom. The molecule has 0 radical (unpaired) electrons. The van der Waals surface area contributed by atoms with E-state index in [4.69, 9.17) is 4.74 Å². The van der Waals surface area contributed by atoms with E-state index in [0.29, 0.717) is 23.8 Å². The van der Waals surface area contributed by atoms with Crippen molar-refractivity contribution in [2.45, 2.75) is 37.6 Å². The van der Waals surface area contributed by atoms with Crippen molar-refractivity contribution in [3.63, 3.8) is 0 Å². The van der Waals surface area contributed by atoms with Crippen molar-refractivity contribution in [1.82, 2.24) is 14.5 Å². The number of methoxy groups -OCH3 is 1. The summed E-state index contributed by atoms with van der Waals surface area (Å²) >= 11 is 1.38. The van der Waals surface area contributed by atoms with Gasteiger partial charge in [-0.1, -0.05) is 0 Å². The molecule has 0 unspecified atom stereocenters. The van der Waals surface area contributed by atoms with E-state index < -0.39 is 15.8 Å². The second-order valence-corrected chi connectivity index (χ2v) is 10.4. The van der Waals surface area contributed by atoms with E-state index in [2.05, 4.69) is 9.71 Å². The molecule has 1 N–H and O–H groups in total. The van der Waals surface area contributed by atoms with Crippen molar-refractivity contribution >= 4 is 33.0 Å². The first kappa shape index (κ1) is 23.2. The maximum atomic E-state index is 14.0.